The Morgan fingerprint density at radius 3 is 2.00 bits per heavy atom. The van der Waals surface area contributed by atoms with E-state index in [4.69, 9.17) is 0 Å². The Kier molecular flexibility index (Phi) is 3.22. The Morgan fingerprint density at radius 1 is 0.609 bits per heavy atom. The summed E-state index contributed by atoms with van der Waals surface area (Å²) in [7, 11) is 0. The van der Waals surface area contributed by atoms with Crippen LogP contribution in [0.15, 0.2) is 54.6 Å². The summed E-state index contributed by atoms with van der Waals surface area (Å²) in [6.45, 7) is 0. The Morgan fingerprint density at radius 2 is 1.26 bits per heavy atom. The molecule has 0 aromatic heterocycles. The van der Waals surface area contributed by atoms with Crippen molar-refractivity contribution in [3.05, 3.63) is 83.2 Å². The topological polar surface area (TPSA) is 0 Å². The van der Waals surface area contributed by atoms with Crippen LogP contribution in [-0.4, -0.2) is 0 Å². The Balaban J connectivity index is 1.88. The van der Waals surface area contributed by atoms with Gasteiger partial charge in [-0.1, -0.05) is 36.4 Å². The number of benzene rings is 3. The molecule has 0 atom stereocenters. The Hall–Kier alpha value is -2.55. The van der Waals surface area contributed by atoms with E-state index in [1.165, 1.54) is 11.1 Å². The lowest BCUT2D eigenvalue weighted by Crippen LogP contribution is -2.03. The van der Waals surface area contributed by atoms with Gasteiger partial charge in [0.25, 0.3) is 0 Å². The van der Waals surface area contributed by atoms with Crippen LogP contribution in [0.4, 0.5) is 13.2 Å². The number of aryl methyl sites for hydroxylation is 2. The molecule has 0 spiro atoms. The summed E-state index contributed by atoms with van der Waals surface area (Å²) < 4.78 is 40.1. The molecule has 0 amide bonds. The molecule has 0 fully saturated rings. The summed E-state index contributed by atoms with van der Waals surface area (Å²) in [6, 6.07) is 16.0. The van der Waals surface area contributed by atoms with Gasteiger partial charge in [0.1, 0.15) is 0 Å². The average Bonchev–Trinajstić information content (AvgIpc) is 2.58. The fourth-order valence-corrected chi connectivity index (χ4v) is 3.22. The molecule has 3 heteroatoms. The van der Waals surface area contributed by atoms with E-state index in [9.17, 15) is 13.2 Å². The molecule has 0 saturated heterocycles. The highest BCUT2D eigenvalue weighted by molar-refractivity contribution is 5.78. The van der Waals surface area contributed by atoms with Crippen LogP contribution < -0.4 is 0 Å². The normalized spacial score (nSPS) is 12.7. The molecule has 0 N–H and O–H groups in total. The zero-order valence-corrected chi connectivity index (χ0v) is 12.2. The minimum Gasteiger partial charge on any atom is -0.204 e. The van der Waals surface area contributed by atoms with Gasteiger partial charge in [-0.05, 0) is 64.4 Å². The van der Waals surface area contributed by atoms with Crippen LogP contribution >= 0.6 is 0 Å². The molecule has 0 heterocycles. The lowest BCUT2D eigenvalue weighted by molar-refractivity contribution is 0.448. The first-order valence-corrected chi connectivity index (χ1v) is 7.49. The first-order valence-electron chi connectivity index (χ1n) is 7.49. The van der Waals surface area contributed by atoms with E-state index in [0.29, 0.717) is 11.1 Å². The van der Waals surface area contributed by atoms with Gasteiger partial charge in [-0.2, -0.15) is 0 Å². The van der Waals surface area contributed by atoms with Gasteiger partial charge in [-0.3, -0.25) is 0 Å². The molecule has 114 valence electrons. The second-order valence-corrected chi connectivity index (χ2v) is 5.78. The standard InChI is InChI=1S/C20H13F3/c21-18-10-15(11-19(22)20(18)23)14-8-7-13-6-5-12-3-1-2-4-16(12)17(13)9-14/h1-4,7-11H,5-6H2. The monoisotopic (exact) mass is 310 g/mol. The molecule has 0 radical (unpaired) electrons. The van der Waals surface area contributed by atoms with Gasteiger partial charge in [0.2, 0.25) is 0 Å². The van der Waals surface area contributed by atoms with Gasteiger partial charge in [0, 0.05) is 0 Å². The van der Waals surface area contributed by atoms with Gasteiger partial charge in [-0.15, -0.1) is 0 Å². The number of fused-ring (bicyclic) bond motifs is 3. The van der Waals surface area contributed by atoms with Gasteiger partial charge in [0.15, 0.2) is 17.5 Å². The third-order valence-electron chi connectivity index (χ3n) is 4.40. The Bertz CT molecular complexity index is 890. The molecular formula is C20H13F3. The maximum absolute atomic E-state index is 13.5. The van der Waals surface area contributed by atoms with Crippen molar-refractivity contribution in [2.24, 2.45) is 0 Å². The van der Waals surface area contributed by atoms with E-state index in [2.05, 4.69) is 12.1 Å². The lowest BCUT2D eigenvalue weighted by atomic mass is 9.84. The van der Waals surface area contributed by atoms with Crippen LogP contribution in [0.3, 0.4) is 0 Å². The molecule has 0 bridgehead atoms. The highest BCUT2D eigenvalue weighted by Gasteiger charge is 2.17. The van der Waals surface area contributed by atoms with Crippen LogP contribution in [0, 0.1) is 17.5 Å². The summed E-state index contributed by atoms with van der Waals surface area (Å²) in [4.78, 5) is 0. The summed E-state index contributed by atoms with van der Waals surface area (Å²) >= 11 is 0. The highest BCUT2D eigenvalue weighted by Crippen LogP contribution is 2.36. The SMILES string of the molecule is Fc1cc(-c2ccc3c(c2)-c2ccccc2CC3)cc(F)c1F. The quantitative estimate of drug-likeness (QED) is 0.518. The predicted octanol–water partition coefficient (Wildman–Crippen LogP) is 5.54. The van der Waals surface area contributed by atoms with Crippen LogP contribution in [0.1, 0.15) is 11.1 Å². The lowest BCUT2D eigenvalue weighted by Gasteiger charge is -2.20. The van der Waals surface area contributed by atoms with E-state index >= 15 is 0 Å². The molecule has 23 heavy (non-hydrogen) atoms. The van der Waals surface area contributed by atoms with Crippen LogP contribution in [-0.2, 0) is 12.8 Å². The van der Waals surface area contributed by atoms with Gasteiger partial charge >= 0.3 is 0 Å². The minimum absolute atomic E-state index is 0.340. The summed E-state index contributed by atoms with van der Waals surface area (Å²) in [5, 5.41) is 0. The summed E-state index contributed by atoms with van der Waals surface area (Å²) in [6.07, 6.45) is 1.93. The van der Waals surface area contributed by atoms with Crippen LogP contribution in [0.5, 0.6) is 0 Å². The number of hydrogen-bond donors (Lipinski definition) is 0. The highest BCUT2D eigenvalue weighted by atomic mass is 19.2. The average molecular weight is 310 g/mol. The molecule has 0 saturated carbocycles. The van der Waals surface area contributed by atoms with Crippen LogP contribution in [0.2, 0.25) is 0 Å². The second kappa shape index (κ2) is 5.27. The summed E-state index contributed by atoms with van der Waals surface area (Å²) in [5.41, 5.74) is 5.74. The molecule has 3 aromatic rings. The maximum Gasteiger partial charge on any atom is 0.194 e. The van der Waals surface area contributed by atoms with Crippen molar-refractivity contribution in [3.63, 3.8) is 0 Å². The number of hydrogen-bond acceptors (Lipinski definition) is 0. The zero-order chi connectivity index (χ0) is 16.0. The van der Waals surface area contributed by atoms with Gasteiger partial charge in [0.05, 0.1) is 0 Å². The van der Waals surface area contributed by atoms with Crippen molar-refractivity contribution in [1.82, 2.24) is 0 Å². The molecule has 0 unspecified atom stereocenters. The number of halogens is 3. The van der Waals surface area contributed by atoms with Gasteiger partial charge < -0.3 is 0 Å². The molecular weight excluding hydrogens is 297 g/mol. The predicted molar refractivity (Wildman–Crippen MR) is 84.6 cm³/mol. The molecule has 1 aliphatic rings. The van der Waals surface area contributed by atoms with Crippen molar-refractivity contribution < 1.29 is 13.2 Å². The van der Waals surface area contributed by atoms with E-state index in [1.54, 1.807) is 0 Å². The maximum atomic E-state index is 13.5. The first kappa shape index (κ1) is 14.1. The fraction of sp³-hybridized carbons (Fsp3) is 0.100. The van der Waals surface area contributed by atoms with E-state index in [0.717, 1.165) is 36.1 Å². The van der Waals surface area contributed by atoms with E-state index < -0.39 is 17.5 Å². The molecule has 4 rings (SSSR count). The van der Waals surface area contributed by atoms with E-state index in [1.807, 2.05) is 30.3 Å². The Labute approximate surface area is 132 Å². The largest absolute Gasteiger partial charge is 0.204 e. The third kappa shape index (κ3) is 2.33. The van der Waals surface area contributed by atoms with Gasteiger partial charge in [-0.25, -0.2) is 13.2 Å². The van der Waals surface area contributed by atoms with E-state index in [-0.39, 0.29) is 0 Å². The molecule has 3 aromatic carbocycles. The molecule has 0 nitrogen and oxygen atoms in total. The van der Waals surface area contributed by atoms with Crippen molar-refractivity contribution in [2.75, 3.05) is 0 Å². The molecule has 1 aliphatic carbocycles. The summed E-state index contributed by atoms with van der Waals surface area (Å²) in [5.74, 6) is -3.77. The van der Waals surface area contributed by atoms with Crippen molar-refractivity contribution >= 4 is 0 Å². The van der Waals surface area contributed by atoms with Crippen molar-refractivity contribution in [2.45, 2.75) is 12.8 Å². The van der Waals surface area contributed by atoms with Crippen molar-refractivity contribution in [3.8, 4) is 22.3 Å². The zero-order valence-electron chi connectivity index (χ0n) is 12.2. The van der Waals surface area contributed by atoms with Crippen LogP contribution in [0.25, 0.3) is 22.3 Å². The van der Waals surface area contributed by atoms with Crippen molar-refractivity contribution in [1.29, 1.82) is 0 Å². The fourth-order valence-electron chi connectivity index (χ4n) is 3.22. The third-order valence-corrected chi connectivity index (χ3v) is 4.40. The number of rotatable bonds is 1. The minimum atomic E-state index is -1.43. The second-order valence-electron chi connectivity index (χ2n) is 5.78. The first-order chi connectivity index (χ1) is 11.1. The molecule has 0 aliphatic heterocycles. The smallest absolute Gasteiger partial charge is 0.194 e.